The van der Waals surface area contributed by atoms with E-state index >= 15 is 0 Å². The Morgan fingerprint density at radius 2 is 1.90 bits per heavy atom. The molecule has 1 aliphatic rings. The molecule has 0 radical (unpaired) electrons. The van der Waals surface area contributed by atoms with Crippen molar-refractivity contribution >= 4 is 8.60 Å². The Morgan fingerprint density at radius 1 is 1.24 bits per heavy atom. The van der Waals surface area contributed by atoms with Crippen molar-refractivity contribution in [2.24, 2.45) is 5.92 Å². The summed E-state index contributed by atoms with van der Waals surface area (Å²) in [6.45, 7) is 6.45. The Kier molecular flexibility index (Phi) is 6.00. The third-order valence-electron chi connectivity index (χ3n) is 4.41. The molecule has 0 aliphatic heterocycles. The van der Waals surface area contributed by atoms with Gasteiger partial charge in [-0.1, -0.05) is 39.0 Å². The van der Waals surface area contributed by atoms with Crippen LogP contribution in [0, 0.1) is 5.92 Å². The Labute approximate surface area is 128 Å². The van der Waals surface area contributed by atoms with Gasteiger partial charge in [0.15, 0.2) is 6.79 Å². The Balaban J connectivity index is 2.25. The van der Waals surface area contributed by atoms with Gasteiger partial charge in [0.05, 0.1) is 0 Å². The van der Waals surface area contributed by atoms with Crippen molar-refractivity contribution in [3.05, 3.63) is 29.3 Å². The maximum absolute atomic E-state index is 8.85. The summed E-state index contributed by atoms with van der Waals surface area (Å²) in [6.07, 6.45) is 3.59. The average Bonchev–Trinajstić information content (AvgIpc) is 3.30. The molecule has 1 aliphatic carbocycles. The fourth-order valence-corrected chi connectivity index (χ4v) is 2.84. The maximum atomic E-state index is 8.85. The highest BCUT2D eigenvalue weighted by Crippen LogP contribution is 2.46. The van der Waals surface area contributed by atoms with Gasteiger partial charge in [-0.15, -0.1) is 0 Å². The Morgan fingerprint density at radius 3 is 2.48 bits per heavy atom. The van der Waals surface area contributed by atoms with E-state index in [-0.39, 0.29) is 6.79 Å². The van der Waals surface area contributed by atoms with Gasteiger partial charge >= 0.3 is 8.60 Å². The molecule has 0 saturated heterocycles. The fraction of sp³-hybridized carbons (Fsp3) is 0.625. The summed E-state index contributed by atoms with van der Waals surface area (Å²) in [6, 6.07) is 6.30. The molecule has 2 atom stereocenters. The SMILES string of the molecule is CC[C@@H](C)c1cccc([C@H](C)C2CC2)c1OCOP(O)O. The first-order valence-corrected chi connectivity index (χ1v) is 8.77. The number of rotatable bonds is 8. The Hall–Kier alpha value is -0.670. The number of hydrogen-bond acceptors (Lipinski definition) is 4. The van der Waals surface area contributed by atoms with Crippen LogP contribution in [-0.4, -0.2) is 16.6 Å². The zero-order valence-corrected chi connectivity index (χ0v) is 13.8. The van der Waals surface area contributed by atoms with Crippen LogP contribution in [0.15, 0.2) is 18.2 Å². The third kappa shape index (κ3) is 4.40. The first-order chi connectivity index (χ1) is 10.0. The van der Waals surface area contributed by atoms with Gasteiger partial charge in [0.25, 0.3) is 0 Å². The molecule has 1 saturated carbocycles. The largest absolute Gasteiger partial charge is 0.466 e. The van der Waals surface area contributed by atoms with Crippen molar-refractivity contribution in [1.82, 2.24) is 0 Å². The van der Waals surface area contributed by atoms with Crippen molar-refractivity contribution in [3.63, 3.8) is 0 Å². The van der Waals surface area contributed by atoms with Crippen LogP contribution in [0.2, 0.25) is 0 Å². The van der Waals surface area contributed by atoms with Gasteiger partial charge in [0, 0.05) is 0 Å². The maximum Gasteiger partial charge on any atom is 0.330 e. The molecule has 0 bridgehead atoms. The minimum absolute atomic E-state index is 0.128. The molecule has 1 aromatic carbocycles. The van der Waals surface area contributed by atoms with Crippen molar-refractivity contribution in [2.45, 2.75) is 51.9 Å². The van der Waals surface area contributed by atoms with Gasteiger partial charge in [-0.3, -0.25) is 4.52 Å². The smallest absolute Gasteiger partial charge is 0.330 e. The standard InChI is InChI=1S/C16H25O4P/c1-4-11(2)14-6-5-7-15(12(3)13-8-9-13)16(14)19-10-20-21(17)18/h5-7,11-13,17-18H,4,8-10H2,1-3H3/t11-,12-/m1/s1. The van der Waals surface area contributed by atoms with Gasteiger partial charge in [-0.05, 0) is 48.1 Å². The molecule has 0 heterocycles. The summed E-state index contributed by atoms with van der Waals surface area (Å²) in [5.74, 6) is 2.47. The summed E-state index contributed by atoms with van der Waals surface area (Å²) in [4.78, 5) is 17.7. The average molecular weight is 312 g/mol. The summed E-state index contributed by atoms with van der Waals surface area (Å²) < 4.78 is 10.6. The summed E-state index contributed by atoms with van der Waals surface area (Å²) >= 11 is 0. The highest BCUT2D eigenvalue weighted by molar-refractivity contribution is 7.39. The molecular formula is C16H25O4P. The van der Waals surface area contributed by atoms with E-state index in [1.165, 1.54) is 24.0 Å². The van der Waals surface area contributed by atoms with E-state index in [2.05, 4.69) is 39.0 Å². The van der Waals surface area contributed by atoms with E-state index in [1.807, 2.05) is 0 Å². The van der Waals surface area contributed by atoms with E-state index in [9.17, 15) is 0 Å². The number of para-hydroxylation sites is 1. The summed E-state index contributed by atoms with van der Waals surface area (Å²) in [5, 5.41) is 0. The van der Waals surface area contributed by atoms with Gasteiger partial charge in [-0.25, -0.2) is 0 Å². The second-order valence-electron chi connectivity index (χ2n) is 5.85. The topological polar surface area (TPSA) is 58.9 Å². The molecule has 0 amide bonds. The van der Waals surface area contributed by atoms with Crippen LogP contribution in [0.25, 0.3) is 0 Å². The van der Waals surface area contributed by atoms with Crippen LogP contribution in [0.3, 0.4) is 0 Å². The monoisotopic (exact) mass is 312 g/mol. The molecule has 118 valence electrons. The molecule has 1 fully saturated rings. The zero-order valence-electron chi connectivity index (χ0n) is 13.0. The number of benzene rings is 1. The normalized spacial score (nSPS) is 17.8. The highest BCUT2D eigenvalue weighted by atomic mass is 31.2. The predicted molar refractivity (Wildman–Crippen MR) is 84.2 cm³/mol. The van der Waals surface area contributed by atoms with Crippen LogP contribution in [0.4, 0.5) is 0 Å². The van der Waals surface area contributed by atoms with Gasteiger partial charge in [0.2, 0.25) is 0 Å². The molecule has 2 rings (SSSR count). The summed E-state index contributed by atoms with van der Waals surface area (Å²) in [5.41, 5.74) is 2.38. The molecule has 5 heteroatoms. The zero-order chi connectivity index (χ0) is 15.4. The minimum atomic E-state index is -2.38. The van der Waals surface area contributed by atoms with Crippen molar-refractivity contribution in [3.8, 4) is 5.75 Å². The van der Waals surface area contributed by atoms with E-state index < -0.39 is 8.60 Å². The molecule has 0 unspecified atom stereocenters. The predicted octanol–water partition coefficient (Wildman–Crippen LogP) is 4.28. The van der Waals surface area contributed by atoms with Crippen LogP contribution < -0.4 is 4.74 Å². The second-order valence-corrected chi connectivity index (χ2v) is 6.61. The fourth-order valence-electron chi connectivity index (χ4n) is 2.69. The third-order valence-corrected chi connectivity index (χ3v) is 4.75. The Bertz CT molecular complexity index is 460. The lowest BCUT2D eigenvalue weighted by Gasteiger charge is -2.22. The molecule has 1 aromatic rings. The quantitative estimate of drug-likeness (QED) is 0.556. The lowest BCUT2D eigenvalue weighted by molar-refractivity contribution is 0.102. The van der Waals surface area contributed by atoms with Crippen molar-refractivity contribution in [2.75, 3.05) is 6.79 Å². The highest BCUT2D eigenvalue weighted by Gasteiger charge is 2.31. The minimum Gasteiger partial charge on any atom is -0.466 e. The molecule has 0 aromatic heterocycles. The molecule has 0 spiro atoms. The second kappa shape index (κ2) is 7.55. The molecule has 21 heavy (non-hydrogen) atoms. The lowest BCUT2D eigenvalue weighted by atomic mass is 9.89. The van der Waals surface area contributed by atoms with Gasteiger partial charge in [0.1, 0.15) is 5.75 Å². The van der Waals surface area contributed by atoms with Gasteiger partial charge in [-0.2, -0.15) is 0 Å². The van der Waals surface area contributed by atoms with Crippen LogP contribution in [-0.2, 0) is 4.52 Å². The van der Waals surface area contributed by atoms with E-state index in [1.54, 1.807) is 0 Å². The van der Waals surface area contributed by atoms with E-state index in [0.717, 1.165) is 18.1 Å². The van der Waals surface area contributed by atoms with Crippen molar-refractivity contribution in [1.29, 1.82) is 0 Å². The first-order valence-electron chi connectivity index (χ1n) is 7.61. The molecule has 2 N–H and O–H groups in total. The first kappa shape index (κ1) is 16.7. The van der Waals surface area contributed by atoms with E-state index in [4.69, 9.17) is 19.0 Å². The van der Waals surface area contributed by atoms with Crippen LogP contribution >= 0.6 is 8.60 Å². The molecular weight excluding hydrogens is 287 g/mol. The van der Waals surface area contributed by atoms with E-state index in [0.29, 0.717) is 11.8 Å². The van der Waals surface area contributed by atoms with Crippen molar-refractivity contribution < 1.29 is 19.0 Å². The van der Waals surface area contributed by atoms with Crippen LogP contribution in [0.5, 0.6) is 5.75 Å². The lowest BCUT2D eigenvalue weighted by Crippen LogP contribution is -2.08. The number of ether oxygens (including phenoxy) is 1. The van der Waals surface area contributed by atoms with Crippen LogP contribution in [0.1, 0.15) is 63.0 Å². The van der Waals surface area contributed by atoms with Gasteiger partial charge < -0.3 is 14.5 Å². The molecule has 4 nitrogen and oxygen atoms in total. The number of hydrogen-bond donors (Lipinski definition) is 2. The summed E-state index contributed by atoms with van der Waals surface area (Å²) in [7, 11) is -2.38.